The van der Waals surface area contributed by atoms with Gasteiger partial charge in [0, 0.05) is 12.7 Å². The van der Waals surface area contributed by atoms with Crippen LogP contribution in [0.2, 0.25) is 0 Å². The van der Waals surface area contributed by atoms with Crippen molar-refractivity contribution in [1.29, 1.82) is 0 Å². The minimum absolute atomic E-state index is 0.0211. The zero-order valence-corrected chi connectivity index (χ0v) is 11.0. The highest BCUT2D eigenvalue weighted by Crippen LogP contribution is 2.22. The van der Waals surface area contributed by atoms with Crippen LogP contribution in [-0.4, -0.2) is 16.5 Å². The first kappa shape index (κ1) is 14.0. The molecule has 0 aliphatic carbocycles. The summed E-state index contributed by atoms with van der Waals surface area (Å²) in [6.07, 6.45) is 3.62. The first-order valence-corrected chi connectivity index (χ1v) is 6.31. The van der Waals surface area contributed by atoms with Gasteiger partial charge in [0.2, 0.25) is 0 Å². The Hall–Kier alpha value is -2.47. The predicted molar refractivity (Wildman–Crippen MR) is 77.4 cm³/mol. The van der Waals surface area contributed by atoms with Crippen LogP contribution in [0.1, 0.15) is 11.1 Å². The van der Waals surface area contributed by atoms with E-state index in [2.05, 4.69) is 10.3 Å². The minimum Gasteiger partial charge on any atom is -0.375 e. The van der Waals surface area contributed by atoms with Gasteiger partial charge in [-0.2, -0.15) is 0 Å². The lowest BCUT2D eigenvalue weighted by molar-refractivity contribution is -0.384. The van der Waals surface area contributed by atoms with Crippen LogP contribution in [0, 0.1) is 10.1 Å². The normalized spacial score (nSPS) is 10.2. The van der Waals surface area contributed by atoms with Crippen molar-refractivity contribution in [2.75, 3.05) is 11.9 Å². The van der Waals surface area contributed by atoms with E-state index < -0.39 is 4.92 Å². The first-order valence-electron chi connectivity index (χ1n) is 6.31. The fraction of sp³-hybridized carbons (Fsp3) is 0.214. The van der Waals surface area contributed by atoms with Gasteiger partial charge in [0.1, 0.15) is 11.9 Å². The van der Waals surface area contributed by atoms with Gasteiger partial charge in [0.05, 0.1) is 4.92 Å². The second-order valence-electron chi connectivity index (χ2n) is 4.36. The molecule has 0 spiro atoms. The molecule has 0 fully saturated rings. The quantitative estimate of drug-likeness (QED) is 0.620. The topological polar surface area (TPSA) is 94.1 Å². The predicted octanol–water partition coefficient (Wildman–Crippen LogP) is 2.10. The molecule has 20 heavy (non-hydrogen) atoms. The standard InChI is InChI=1S/C14H16N4O2/c15-7-5-11-1-3-12(4-2-11)9-17-13-6-8-16-10-14(13)18(19)20/h1-4,6,8,10H,5,7,9,15H2,(H,16,17). The van der Waals surface area contributed by atoms with Crippen molar-refractivity contribution in [3.63, 3.8) is 0 Å². The maximum Gasteiger partial charge on any atom is 0.310 e. The summed E-state index contributed by atoms with van der Waals surface area (Å²) in [6, 6.07) is 9.62. The van der Waals surface area contributed by atoms with E-state index in [0.717, 1.165) is 12.0 Å². The van der Waals surface area contributed by atoms with Gasteiger partial charge in [0.25, 0.3) is 0 Å². The Bertz CT molecular complexity index is 584. The fourth-order valence-corrected chi connectivity index (χ4v) is 1.87. The van der Waals surface area contributed by atoms with Gasteiger partial charge in [0.15, 0.2) is 0 Å². The number of anilines is 1. The second-order valence-corrected chi connectivity index (χ2v) is 4.36. The molecule has 0 radical (unpaired) electrons. The Morgan fingerprint density at radius 1 is 1.20 bits per heavy atom. The van der Waals surface area contributed by atoms with E-state index in [1.165, 1.54) is 18.0 Å². The van der Waals surface area contributed by atoms with E-state index in [0.29, 0.717) is 18.8 Å². The Morgan fingerprint density at radius 2 is 1.90 bits per heavy atom. The highest BCUT2D eigenvalue weighted by Gasteiger charge is 2.12. The molecule has 6 heteroatoms. The molecule has 2 aromatic rings. The van der Waals surface area contributed by atoms with Crippen LogP contribution in [-0.2, 0) is 13.0 Å². The van der Waals surface area contributed by atoms with Crippen LogP contribution >= 0.6 is 0 Å². The second kappa shape index (κ2) is 6.63. The third-order valence-electron chi connectivity index (χ3n) is 2.94. The number of pyridine rings is 1. The molecule has 1 aromatic heterocycles. The van der Waals surface area contributed by atoms with E-state index in [1.807, 2.05) is 24.3 Å². The zero-order chi connectivity index (χ0) is 14.4. The molecule has 104 valence electrons. The van der Waals surface area contributed by atoms with Crippen molar-refractivity contribution < 1.29 is 4.92 Å². The number of benzene rings is 1. The molecule has 1 aromatic carbocycles. The summed E-state index contributed by atoms with van der Waals surface area (Å²) < 4.78 is 0. The van der Waals surface area contributed by atoms with Crippen molar-refractivity contribution >= 4 is 11.4 Å². The van der Waals surface area contributed by atoms with Crippen LogP contribution in [0.25, 0.3) is 0 Å². The van der Waals surface area contributed by atoms with Gasteiger partial charge in [-0.1, -0.05) is 24.3 Å². The number of hydrogen-bond donors (Lipinski definition) is 2. The molecule has 0 amide bonds. The summed E-state index contributed by atoms with van der Waals surface area (Å²) in [6.45, 7) is 1.15. The van der Waals surface area contributed by atoms with Crippen LogP contribution in [0.5, 0.6) is 0 Å². The van der Waals surface area contributed by atoms with E-state index in [4.69, 9.17) is 5.73 Å². The molecule has 2 rings (SSSR count). The van der Waals surface area contributed by atoms with E-state index in [-0.39, 0.29) is 5.69 Å². The monoisotopic (exact) mass is 272 g/mol. The van der Waals surface area contributed by atoms with E-state index in [1.54, 1.807) is 6.07 Å². The molecular weight excluding hydrogens is 256 g/mol. The molecular formula is C14H16N4O2. The van der Waals surface area contributed by atoms with Crippen molar-refractivity contribution in [1.82, 2.24) is 4.98 Å². The fourth-order valence-electron chi connectivity index (χ4n) is 1.87. The summed E-state index contributed by atoms with van der Waals surface area (Å²) >= 11 is 0. The average Bonchev–Trinajstić information content (AvgIpc) is 2.47. The molecule has 1 heterocycles. The van der Waals surface area contributed by atoms with E-state index >= 15 is 0 Å². The van der Waals surface area contributed by atoms with Gasteiger partial charge in [-0.15, -0.1) is 0 Å². The minimum atomic E-state index is -0.445. The van der Waals surface area contributed by atoms with Crippen LogP contribution in [0.3, 0.4) is 0 Å². The maximum absolute atomic E-state index is 10.9. The van der Waals surface area contributed by atoms with Crippen molar-refractivity contribution in [3.05, 3.63) is 64.0 Å². The summed E-state index contributed by atoms with van der Waals surface area (Å²) in [4.78, 5) is 14.2. The average molecular weight is 272 g/mol. The number of nitrogens with zero attached hydrogens (tertiary/aromatic N) is 2. The van der Waals surface area contributed by atoms with Crippen molar-refractivity contribution in [2.45, 2.75) is 13.0 Å². The highest BCUT2D eigenvalue weighted by molar-refractivity contribution is 5.59. The van der Waals surface area contributed by atoms with Crippen molar-refractivity contribution in [2.24, 2.45) is 5.73 Å². The number of hydrogen-bond acceptors (Lipinski definition) is 5. The maximum atomic E-state index is 10.9. The Kier molecular flexibility index (Phi) is 4.62. The lowest BCUT2D eigenvalue weighted by Crippen LogP contribution is -2.04. The number of aromatic nitrogens is 1. The molecule has 0 bridgehead atoms. The van der Waals surface area contributed by atoms with Crippen LogP contribution < -0.4 is 11.1 Å². The largest absolute Gasteiger partial charge is 0.375 e. The molecule has 0 saturated heterocycles. The smallest absolute Gasteiger partial charge is 0.310 e. The Morgan fingerprint density at radius 3 is 2.55 bits per heavy atom. The van der Waals surface area contributed by atoms with Gasteiger partial charge < -0.3 is 11.1 Å². The van der Waals surface area contributed by atoms with Crippen LogP contribution in [0.15, 0.2) is 42.7 Å². The number of nitrogens with one attached hydrogen (secondary N) is 1. The molecule has 0 atom stereocenters. The van der Waals surface area contributed by atoms with Crippen molar-refractivity contribution in [3.8, 4) is 0 Å². The van der Waals surface area contributed by atoms with Gasteiger partial charge in [-0.05, 0) is 30.2 Å². The van der Waals surface area contributed by atoms with Gasteiger partial charge in [-0.25, -0.2) is 0 Å². The molecule has 0 unspecified atom stereocenters. The first-order chi connectivity index (χ1) is 9.70. The molecule has 0 saturated carbocycles. The Labute approximate surface area is 116 Å². The molecule has 3 N–H and O–H groups in total. The molecule has 0 aliphatic rings. The van der Waals surface area contributed by atoms with E-state index in [9.17, 15) is 10.1 Å². The summed E-state index contributed by atoms with van der Waals surface area (Å²) in [5.74, 6) is 0. The van der Waals surface area contributed by atoms with Gasteiger partial charge in [-0.3, -0.25) is 15.1 Å². The SMILES string of the molecule is NCCc1ccc(CNc2ccncc2[N+](=O)[O-])cc1. The summed E-state index contributed by atoms with van der Waals surface area (Å²) in [5.41, 5.74) is 8.18. The molecule has 0 aliphatic heterocycles. The highest BCUT2D eigenvalue weighted by atomic mass is 16.6. The Balaban J connectivity index is 2.03. The summed E-state index contributed by atoms with van der Waals surface area (Å²) in [5, 5.41) is 13.9. The van der Waals surface area contributed by atoms with Crippen LogP contribution in [0.4, 0.5) is 11.4 Å². The zero-order valence-electron chi connectivity index (χ0n) is 11.0. The lowest BCUT2D eigenvalue weighted by atomic mass is 10.1. The lowest BCUT2D eigenvalue weighted by Gasteiger charge is -2.07. The third kappa shape index (κ3) is 3.52. The molecule has 6 nitrogen and oxygen atoms in total. The van der Waals surface area contributed by atoms with Gasteiger partial charge >= 0.3 is 5.69 Å². The third-order valence-corrected chi connectivity index (χ3v) is 2.94. The number of nitro groups is 1. The summed E-state index contributed by atoms with van der Waals surface area (Å²) in [7, 11) is 0. The number of nitrogens with two attached hydrogens (primary N) is 1. The number of rotatable bonds is 6.